The van der Waals surface area contributed by atoms with Crippen LogP contribution in [0.15, 0.2) is 65.6 Å². The molecule has 206 valence electrons. The fourth-order valence-corrected chi connectivity index (χ4v) is 6.31. The Labute approximate surface area is 235 Å². The van der Waals surface area contributed by atoms with Crippen molar-refractivity contribution in [2.24, 2.45) is 0 Å². The van der Waals surface area contributed by atoms with Crippen LogP contribution in [0.25, 0.3) is 0 Å². The Balaban J connectivity index is 1.46. The van der Waals surface area contributed by atoms with E-state index in [2.05, 4.69) is 27.1 Å². The molecule has 0 aromatic heterocycles. The van der Waals surface area contributed by atoms with E-state index >= 15 is 0 Å². The summed E-state index contributed by atoms with van der Waals surface area (Å²) in [5, 5.41) is 21.8. The number of benzene rings is 3. The van der Waals surface area contributed by atoms with Crippen molar-refractivity contribution in [3.8, 4) is 12.1 Å². The molecule has 10 heteroatoms. The number of nitrogens with one attached hydrogen (secondary N) is 2. The lowest BCUT2D eigenvalue weighted by Crippen LogP contribution is -2.54. The molecule has 1 fully saturated rings. The van der Waals surface area contributed by atoms with Crippen molar-refractivity contribution in [1.82, 2.24) is 9.62 Å². The molecule has 1 heterocycles. The first kappa shape index (κ1) is 28.6. The lowest BCUT2D eigenvalue weighted by molar-refractivity contribution is 0.0673. The largest absolute Gasteiger partial charge is 0.383 e. The predicted molar refractivity (Wildman–Crippen MR) is 155 cm³/mol. The van der Waals surface area contributed by atoms with E-state index in [4.69, 9.17) is 0 Å². The van der Waals surface area contributed by atoms with Gasteiger partial charge in [-0.3, -0.25) is 4.79 Å². The molecule has 4 rings (SSSR count). The molecule has 1 atom stereocenters. The maximum Gasteiger partial charge on any atom is 0.254 e. The van der Waals surface area contributed by atoms with Gasteiger partial charge < -0.3 is 15.1 Å². The summed E-state index contributed by atoms with van der Waals surface area (Å²) in [6.07, 6.45) is 0. The highest BCUT2D eigenvalue weighted by Gasteiger charge is 2.31. The Morgan fingerprint density at radius 1 is 0.950 bits per heavy atom. The van der Waals surface area contributed by atoms with Gasteiger partial charge in [0.25, 0.3) is 5.91 Å². The van der Waals surface area contributed by atoms with Gasteiger partial charge in [0.05, 0.1) is 27.4 Å². The van der Waals surface area contributed by atoms with Crippen molar-refractivity contribution in [3.05, 3.63) is 88.5 Å². The third-order valence-electron chi connectivity index (χ3n) is 7.08. The first-order valence-corrected chi connectivity index (χ1v) is 14.5. The lowest BCUT2D eigenvalue weighted by Gasteiger charge is -2.41. The zero-order valence-electron chi connectivity index (χ0n) is 22.8. The van der Waals surface area contributed by atoms with Crippen LogP contribution in [-0.2, 0) is 10.0 Å². The van der Waals surface area contributed by atoms with Crippen LogP contribution in [0.4, 0.5) is 11.4 Å². The van der Waals surface area contributed by atoms with Gasteiger partial charge in [-0.05, 0) is 62.2 Å². The first-order valence-electron chi connectivity index (χ1n) is 13.0. The van der Waals surface area contributed by atoms with E-state index in [0.717, 1.165) is 5.69 Å². The van der Waals surface area contributed by atoms with Crippen molar-refractivity contribution in [2.75, 3.05) is 42.9 Å². The van der Waals surface area contributed by atoms with E-state index in [1.165, 1.54) is 6.07 Å². The molecule has 0 radical (unpaired) electrons. The minimum absolute atomic E-state index is 0.0631. The number of carbonyl (C=O) groups excluding carboxylic acids is 1. The molecular formula is C30H32N6O3S. The summed E-state index contributed by atoms with van der Waals surface area (Å²) in [5.74, 6) is -0.218. The van der Waals surface area contributed by atoms with E-state index in [-0.39, 0.29) is 29.9 Å². The van der Waals surface area contributed by atoms with E-state index in [0.29, 0.717) is 53.1 Å². The molecule has 1 amide bonds. The molecule has 0 aliphatic carbocycles. The quantitative estimate of drug-likeness (QED) is 0.404. The molecule has 0 bridgehead atoms. The second-order valence-corrected chi connectivity index (χ2v) is 11.6. The molecule has 1 aliphatic rings. The zero-order chi connectivity index (χ0) is 28.9. The van der Waals surface area contributed by atoms with E-state index in [1.807, 2.05) is 32.0 Å². The van der Waals surface area contributed by atoms with Gasteiger partial charge in [0.2, 0.25) is 10.0 Å². The van der Waals surface area contributed by atoms with Crippen LogP contribution in [-0.4, -0.2) is 58.0 Å². The monoisotopic (exact) mass is 556 g/mol. The van der Waals surface area contributed by atoms with Gasteiger partial charge in [0, 0.05) is 44.3 Å². The van der Waals surface area contributed by atoms with Crippen LogP contribution >= 0.6 is 0 Å². The van der Waals surface area contributed by atoms with Crippen molar-refractivity contribution in [1.29, 1.82) is 10.5 Å². The maximum atomic E-state index is 13.7. The van der Waals surface area contributed by atoms with Gasteiger partial charge in [-0.1, -0.05) is 30.3 Å². The van der Waals surface area contributed by atoms with Gasteiger partial charge in [0.15, 0.2) is 0 Å². The van der Waals surface area contributed by atoms with Crippen molar-refractivity contribution in [2.45, 2.75) is 31.7 Å². The number of piperazine rings is 1. The molecule has 9 nitrogen and oxygen atoms in total. The molecule has 0 unspecified atom stereocenters. The van der Waals surface area contributed by atoms with Gasteiger partial charge in [-0.25, -0.2) is 13.1 Å². The summed E-state index contributed by atoms with van der Waals surface area (Å²) in [4.78, 5) is 17.6. The number of para-hydroxylation sites is 2. The Morgan fingerprint density at radius 3 is 2.33 bits per heavy atom. The summed E-state index contributed by atoms with van der Waals surface area (Å²) >= 11 is 0. The minimum Gasteiger partial charge on any atom is -0.383 e. The molecule has 3 aromatic rings. The molecule has 3 aromatic carbocycles. The lowest BCUT2D eigenvalue weighted by atomic mass is 10.0. The number of amides is 1. The fraction of sp³-hybridized carbons (Fsp3) is 0.300. The highest BCUT2D eigenvalue weighted by atomic mass is 32.2. The predicted octanol–water partition coefficient (Wildman–Crippen LogP) is 3.79. The normalized spacial score (nSPS) is 15.3. The average Bonchev–Trinajstić information content (AvgIpc) is 2.95. The highest BCUT2D eigenvalue weighted by molar-refractivity contribution is 7.89. The number of anilines is 2. The zero-order valence-corrected chi connectivity index (χ0v) is 23.6. The number of hydrogen-bond donors (Lipinski definition) is 2. The molecular weight excluding hydrogens is 524 g/mol. The first-order chi connectivity index (χ1) is 19.2. The molecule has 0 saturated carbocycles. The van der Waals surface area contributed by atoms with E-state index in [1.54, 1.807) is 48.2 Å². The fourth-order valence-electron chi connectivity index (χ4n) is 5.02. The number of carbonyl (C=O) groups is 1. The summed E-state index contributed by atoms with van der Waals surface area (Å²) < 4.78 is 29.1. The van der Waals surface area contributed by atoms with Crippen LogP contribution in [0, 0.1) is 36.5 Å². The maximum absolute atomic E-state index is 13.7. The Kier molecular flexibility index (Phi) is 8.73. The third kappa shape index (κ3) is 6.09. The van der Waals surface area contributed by atoms with Crippen LogP contribution in [0.5, 0.6) is 0 Å². The summed E-state index contributed by atoms with van der Waals surface area (Å²) in [6.45, 7) is 7.43. The van der Waals surface area contributed by atoms with Crippen LogP contribution in [0.2, 0.25) is 0 Å². The van der Waals surface area contributed by atoms with Gasteiger partial charge in [0.1, 0.15) is 12.1 Å². The van der Waals surface area contributed by atoms with Crippen LogP contribution in [0.3, 0.4) is 0 Å². The smallest absolute Gasteiger partial charge is 0.254 e. The second kappa shape index (κ2) is 12.2. The average molecular weight is 557 g/mol. The summed E-state index contributed by atoms with van der Waals surface area (Å²) in [5.41, 5.74) is 4.16. The van der Waals surface area contributed by atoms with Crippen molar-refractivity contribution < 1.29 is 13.2 Å². The summed E-state index contributed by atoms with van der Waals surface area (Å²) in [6, 6.07) is 21.8. The Hall–Kier alpha value is -4.38. The van der Waals surface area contributed by atoms with E-state index in [9.17, 15) is 23.7 Å². The second-order valence-electron chi connectivity index (χ2n) is 9.84. The van der Waals surface area contributed by atoms with Crippen LogP contribution < -0.4 is 14.9 Å². The number of rotatable bonds is 8. The molecule has 0 spiro atoms. The number of hydrogen-bond acceptors (Lipinski definition) is 7. The molecule has 2 N–H and O–H groups in total. The topological polar surface area (TPSA) is 129 Å². The van der Waals surface area contributed by atoms with E-state index < -0.39 is 10.0 Å². The SMILES string of the molecule is Cc1cc(C)c(S(=O)(=O)NCCNc2ccccc2C#N)cc1C(=O)N1CCN(c2ccccc2C#N)C[C@@H]1C. The van der Waals surface area contributed by atoms with Gasteiger partial charge in [-0.15, -0.1) is 0 Å². The summed E-state index contributed by atoms with van der Waals surface area (Å²) in [7, 11) is -3.90. The number of nitrogens with zero attached hydrogens (tertiary/aromatic N) is 4. The number of nitriles is 2. The highest BCUT2D eigenvalue weighted by Crippen LogP contribution is 2.26. The van der Waals surface area contributed by atoms with Crippen LogP contribution in [0.1, 0.15) is 39.5 Å². The van der Waals surface area contributed by atoms with Gasteiger partial charge in [-0.2, -0.15) is 10.5 Å². The van der Waals surface area contributed by atoms with Crippen molar-refractivity contribution in [3.63, 3.8) is 0 Å². The molecule has 40 heavy (non-hydrogen) atoms. The van der Waals surface area contributed by atoms with Gasteiger partial charge >= 0.3 is 0 Å². The minimum atomic E-state index is -3.90. The molecule has 1 aliphatic heterocycles. The Morgan fingerprint density at radius 2 is 1.62 bits per heavy atom. The number of aryl methyl sites for hydroxylation is 2. The molecule has 1 saturated heterocycles. The third-order valence-corrected chi connectivity index (χ3v) is 8.68. The van der Waals surface area contributed by atoms with Crippen molar-refractivity contribution >= 4 is 27.3 Å². The standard InChI is InChI=1S/C30H32N6O3S/c1-21-16-22(2)29(40(38,39)34-13-12-33-27-10-6-4-8-24(27)18-31)17-26(21)30(37)36-15-14-35(20-23(36)3)28-11-7-5-9-25(28)19-32/h4-11,16-17,23,33-34H,12-15,20H2,1-3H3/t23-/m0/s1. The Bertz CT molecular complexity index is 1610. The number of sulfonamides is 1.